The van der Waals surface area contributed by atoms with Crippen molar-refractivity contribution < 1.29 is 22.7 Å². The van der Waals surface area contributed by atoms with E-state index < -0.39 is 22.5 Å². The molecule has 1 N–H and O–H groups in total. The minimum absolute atomic E-state index is 0.0826. The van der Waals surface area contributed by atoms with E-state index in [4.69, 9.17) is 9.47 Å². The standard InChI is InChI=1S/C25H28N2O5S/c1-18-10-12-20(13-11-18)19(2)26-25(28)17-27(33(29,30)22-8-6-5-7-9-22)21-14-15-23(31-3)24(16-21)32-4/h5-16,19H,17H2,1-4H3,(H,26,28)/t19-/m0/s1. The van der Waals surface area contributed by atoms with E-state index in [0.717, 1.165) is 15.4 Å². The van der Waals surface area contributed by atoms with Gasteiger partial charge in [0.25, 0.3) is 10.0 Å². The smallest absolute Gasteiger partial charge is 0.264 e. The van der Waals surface area contributed by atoms with E-state index >= 15 is 0 Å². The lowest BCUT2D eigenvalue weighted by atomic mass is 10.1. The predicted molar refractivity (Wildman–Crippen MR) is 128 cm³/mol. The van der Waals surface area contributed by atoms with E-state index in [9.17, 15) is 13.2 Å². The number of methoxy groups -OCH3 is 2. The third-order valence-electron chi connectivity index (χ3n) is 5.23. The van der Waals surface area contributed by atoms with Crippen LogP contribution in [0.4, 0.5) is 5.69 Å². The molecule has 0 saturated heterocycles. The van der Waals surface area contributed by atoms with Crippen molar-refractivity contribution in [2.45, 2.75) is 24.8 Å². The van der Waals surface area contributed by atoms with Gasteiger partial charge in [0.1, 0.15) is 6.54 Å². The first-order valence-electron chi connectivity index (χ1n) is 10.4. The van der Waals surface area contributed by atoms with E-state index in [0.29, 0.717) is 11.5 Å². The molecule has 0 aromatic heterocycles. The van der Waals surface area contributed by atoms with E-state index in [1.807, 2.05) is 38.1 Å². The van der Waals surface area contributed by atoms with E-state index in [2.05, 4.69) is 5.32 Å². The number of carbonyl (C=O) groups excluding carboxylic acids is 1. The van der Waals surface area contributed by atoms with Gasteiger partial charge in [-0.2, -0.15) is 0 Å². The van der Waals surface area contributed by atoms with Crippen LogP contribution in [0.3, 0.4) is 0 Å². The largest absolute Gasteiger partial charge is 0.493 e. The number of sulfonamides is 1. The number of nitrogens with zero attached hydrogens (tertiary/aromatic N) is 1. The summed E-state index contributed by atoms with van der Waals surface area (Å²) in [5.74, 6) is 0.379. The van der Waals surface area contributed by atoms with Gasteiger partial charge in [-0.15, -0.1) is 0 Å². The van der Waals surface area contributed by atoms with Crippen LogP contribution >= 0.6 is 0 Å². The van der Waals surface area contributed by atoms with Crippen LogP contribution < -0.4 is 19.1 Å². The molecule has 3 aromatic carbocycles. The summed E-state index contributed by atoms with van der Waals surface area (Å²) >= 11 is 0. The number of rotatable bonds is 9. The van der Waals surface area contributed by atoms with Gasteiger partial charge in [-0.1, -0.05) is 48.0 Å². The first-order valence-corrected chi connectivity index (χ1v) is 11.9. The Morgan fingerprint density at radius 2 is 1.58 bits per heavy atom. The van der Waals surface area contributed by atoms with Gasteiger partial charge < -0.3 is 14.8 Å². The molecule has 1 atom stereocenters. The zero-order valence-electron chi connectivity index (χ0n) is 19.1. The third-order valence-corrected chi connectivity index (χ3v) is 7.02. The number of hydrogen-bond donors (Lipinski definition) is 1. The molecule has 33 heavy (non-hydrogen) atoms. The van der Waals surface area contributed by atoms with Gasteiger partial charge >= 0.3 is 0 Å². The molecule has 174 valence electrons. The van der Waals surface area contributed by atoms with Gasteiger partial charge in [0, 0.05) is 6.07 Å². The number of carbonyl (C=O) groups is 1. The summed E-state index contributed by atoms with van der Waals surface area (Å²) in [6.07, 6.45) is 0. The van der Waals surface area contributed by atoms with Crippen LogP contribution in [0.1, 0.15) is 24.1 Å². The highest BCUT2D eigenvalue weighted by Crippen LogP contribution is 2.33. The maximum Gasteiger partial charge on any atom is 0.264 e. The summed E-state index contributed by atoms with van der Waals surface area (Å²) < 4.78 is 38.6. The van der Waals surface area contributed by atoms with Gasteiger partial charge in [-0.25, -0.2) is 8.42 Å². The summed E-state index contributed by atoms with van der Waals surface area (Å²) in [7, 11) is -1.06. The van der Waals surface area contributed by atoms with Crippen molar-refractivity contribution in [3.63, 3.8) is 0 Å². The van der Waals surface area contributed by atoms with Crippen LogP contribution in [0.5, 0.6) is 11.5 Å². The molecule has 3 rings (SSSR count). The van der Waals surface area contributed by atoms with Crippen molar-refractivity contribution >= 4 is 21.6 Å². The minimum atomic E-state index is -4.02. The SMILES string of the molecule is COc1ccc(N(CC(=O)N[C@@H](C)c2ccc(C)cc2)S(=O)(=O)c2ccccc2)cc1OC. The van der Waals surface area contributed by atoms with Crippen LogP contribution in [0, 0.1) is 6.92 Å². The molecule has 0 unspecified atom stereocenters. The number of benzene rings is 3. The Labute approximate surface area is 195 Å². The van der Waals surface area contributed by atoms with Gasteiger partial charge in [0.05, 0.1) is 30.8 Å². The first kappa shape index (κ1) is 24.1. The van der Waals surface area contributed by atoms with Crippen LogP contribution in [0.2, 0.25) is 0 Å². The third kappa shape index (κ3) is 5.64. The predicted octanol–water partition coefficient (Wildman–Crippen LogP) is 4.08. The Bertz CT molecular complexity index is 1200. The fourth-order valence-electron chi connectivity index (χ4n) is 3.37. The van der Waals surface area contributed by atoms with Crippen molar-refractivity contribution in [3.8, 4) is 11.5 Å². The number of nitrogens with one attached hydrogen (secondary N) is 1. The van der Waals surface area contributed by atoms with Gasteiger partial charge in [-0.3, -0.25) is 9.10 Å². The van der Waals surface area contributed by atoms with Crippen molar-refractivity contribution in [1.29, 1.82) is 0 Å². The van der Waals surface area contributed by atoms with E-state index in [1.54, 1.807) is 30.3 Å². The molecule has 3 aromatic rings. The fourth-order valence-corrected chi connectivity index (χ4v) is 4.80. The quantitative estimate of drug-likeness (QED) is 0.511. The van der Waals surface area contributed by atoms with Crippen molar-refractivity contribution in [3.05, 3.63) is 83.9 Å². The fraction of sp³-hybridized carbons (Fsp3) is 0.240. The highest BCUT2D eigenvalue weighted by Gasteiger charge is 2.28. The molecule has 0 radical (unpaired) electrons. The molecule has 0 saturated carbocycles. The van der Waals surface area contributed by atoms with E-state index in [-0.39, 0.29) is 16.6 Å². The molecular formula is C25H28N2O5S. The van der Waals surface area contributed by atoms with Gasteiger partial charge in [0.2, 0.25) is 5.91 Å². The Morgan fingerprint density at radius 3 is 2.18 bits per heavy atom. The van der Waals surface area contributed by atoms with Crippen molar-refractivity contribution in [1.82, 2.24) is 5.32 Å². The zero-order valence-corrected chi connectivity index (χ0v) is 19.9. The number of amides is 1. The second kappa shape index (κ2) is 10.4. The highest BCUT2D eigenvalue weighted by atomic mass is 32.2. The lowest BCUT2D eigenvalue weighted by Gasteiger charge is -2.26. The van der Waals surface area contributed by atoms with Crippen LogP contribution in [-0.2, 0) is 14.8 Å². The number of aryl methyl sites for hydroxylation is 1. The first-order chi connectivity index (χ1) is 15.8. The molecule has 0 aliphatic carbocycles. The summed E-state index contributed by atoms with van der Waals surface area (Å²) in [6.45, 7) is 3.44. The molecule has 1 amide bonds. The normalized spacial score (nSPS) is 12.0. The Morgan fingerprint density at radius 1 is 0.939 bits per heavy atom. The topological polar surface area (TPSA) is 84.9 Å². The number of hydrogen-bond acceptors (Lipinski definition) is 5. The Hall–Kier alpha value is -3.52. The molecule has 0 aliphatic heterocycles. The lowest BCUT2D eigenvalue weighted by Crippen LogP contribution is -2.41. The molecule has 7 nitrogen and oxygen atoms in total. The summed E-state index contributed by atoms with van der Waals surface area (Å²) in [4.78, 5) is 13.0. The maximum atomic E-state index is 13.5. The summed E-state index contributed by atoms with van der Waals surface area (Å²) in [6, 6.07) is 20.2. The van der Waals surface area contributed by atoms with Gasteiger partial charge in [-0.05, 0) is 43.7 Å². The zero-order chi connectivity index (χ0) is 24.0. The van der Waals surface area contributed by atoms with Crippen LogP contribution in [0.25, 0.3) is 0 Å². The molecule has 0 spiro atoms. The number of anilines is 1. The average Bonchev–Trinajstić information content (AvgIpc) is 2.83. The van der Waals surface area contributed by atoms with Crippen molar-refractivity contribution in [2.24, 2.45) is 0 Å². The van der Waals surface area contributed by atoms with Crippen LogP contribution in [0.15, 0.2) is 77.7 Å². The molecule has 0 aliphatic rings. The molecule has 0 fully saturated rings. The second-order valence-electron chi connectivity index (χ2n) is 7.56. The monoisotopic (exact) mass is 468 g/mol. The van der Waals surface area contributed by atoms with E-state index in [1.165, 1.54) is 32.4 Å². The summed E-state index contributed by atoms with van der Waals surface area (Å²) in [5, 5.41) is 2.89. The molecular weight excluding hydrogens is 440 g/mol. The number of ether oxygens (including phenoxy) is 2. The highest BCUT2D eigenvalue weighted by molar-refractivity contribution is 7.92. The average molecular weight is 469 g/mol. The molecule has 0 heterocycles. The molecule has 8 heteroatoms. The lowest BCUT2D eigenvalue weighted by molar-refractivity contribution is -0.120. The van der Waals surface area contributed by atoms with Crippen molar-refractivity contribution in [2.75, 3.05) is 25.1 Å². The van der Waals surface area contributed by atoms with Gasteiger partial charge in [0.15, 0.2) is 11.5 Å². The van der Waals surface area contributed by atoms with Crippen LogP contribution in [-0.4, -0.2) is 35.1 Å². The second-order valence-corrected chi connectivity index (χ2v) is 9.43. The minimum Gasteiger partial charge on any atom is -0.493 e. The maximum absolute atomic E-state index is 13.5. The summed E-state index contributed by atoms with van der Waals surface area (Å²) in [5.41, 5.74) is 2.33. The Kier molecular flexibility index (Phi) is 7.60. The Balaban J connectivity index is 1.93. The molecule has 0 bridgehead atoms.